The number of ether oxygens (including phenoxy) is 2. The Kier molecular flexibility index (Phi) is 5.08. The molecule has 1 rings (SSSR count). The van der Waals surface area contributed by atoms with Crippen molar-refractivity contribution in [2.75, 3.05) is 34.4 Å². The van der Waals surface area contributed by atoms with Gasteiger partial charge in [0.05, 0.1) is 13.2 Å². The van der Waals surface area contributed by atoms with E-state index < -0.39 is 0 Å². The van der Waals surface area contributed by atoms with Crippen LogP contribution in [0.1, 0.15) is 0 Å². The average Bonchev–Trinajstić information content (AvgIpc) is 2.26. The Morgan fingerprint density at radius 2 is 1.75 bits per heavy atom. The maximum absolute atomic E-state index is 5.89. The van der Waals surface area contributed by atoms with Crippen LogP contribution in [0.4, 0.5) is 0 Å². The summed E-state index contributed by atoms with van der Waals surface area (Å²) in [6.45, 7) is 1.33. The van der Waals surface area contributed by atoms with Crippen LogP contribution in [0.2, 0.25) is 0 Å². The fourth-order valence-corrected chi connectivity index (χ4v) is 1.40. The van der Waals surface area contributed by atoms with Crippen LogP contribution >= 0.6 is 0 Å². The van der Waals surface area contributed by atoms with Crippen LogP contribution in [0.5, 0.6) is 11.5 Å². The minimum absolute atomic E-state index is 0.0251. The van der Waals surface area contributed by atoms with Crippen molar-refractivity contribution in [2.24, 2.45) is 5.73 Å². The number of hydrogen-bond acceptors (Lipinski definition) is 4. The second-order valence-electron chi connectivity index (χ2n) is 4.01. The van der Waals surface area contributed by atoms with Crippen LogP contribution < -0.4 is 15.2 Å². The van der Waals surface area contributed by atoms with Gasteiger partial charge in [-0.1, -0.05) is 0 Å². The Morgan fingerprint density at radius 3 is 2.25 bits per heavy atom. The summed E-state index contributed by atoms with van der Waals surface area (Å²) in [6, 6.07) is 7.51. The monoisotopic (exact) mass is 224 g/mol. The molecule has 1 unspecified atom stereocenters. The highest BCUT2D eigenvalue weighted by molar-refractivity contribution is 5.31. The van der Waals surface area contributed by atoms with Crippen LogP contribution in [0.25, 0.3) is 0 Å². The van der Waals surface area contributed by atoms with Gasteiger partial charge in [0, 0.05) is 6.54 Å². The van der Waals surface area contributed by atoms with Gasteiger partial charge in [-0.15, -0.1) is 0 Å². The molecule has 0 fully saturated rings. The van der Waals surface area contributed by atoms with Crippen molar-refractivity contribution >= 4 is 0 Å². The summed E-state index contributed by atoms with van der Waals surface area (Å²) >= 11 is 0. The van der Waals surface area contributed by atoms with E-state index in [1.807, 2.05) is 43.3 Å². The van der Waals surface area contributed by atoms with Crippen LogP contribution in [-0.4, -0.2) is 45.3 Å². The van der Waals surface area contributed by atoms with E-state index in [1.165, 1.54) is 0 Å². The molecule has 16 heavy (non-hydrogen) atoms. The summed E-state index contributed by atoms with van der Waals surface area (Å²) in [4.78, 5) is 2.04. The maximum Gasteiger partial charge on any atom is 0.119 e. The normalized spacial score (nSPS) is 12.6. The van der Waals surface area contributed by atoms with E-state index in [0.29, 0.717) is 6.61 Å². The van der Waals surface area contributed by atoms with E-state index in [0.717, 1.165) is 18.0 Å². The molecule has 0 spiro atoms. The minimum Gasteiger partial charge on any atom is -0.497 e. The van der Waals surface area contributed by atoms with Crippen molar-refractivity contribution in [3.63, 3.8) is 0 Å². The zero-order valence-electron chi connectivity index (χ0n) is 10.1. The number of methoxy groups -OCH3 is 1. The molecule has 0 saturated carbocycles. The van der Waals surface area contributed by atoms with Gasteiger partial charge in [0.25, 0.3) is 0 Å². The van der Waals surface area contributed by atoms with Gasteiger partial charge in [-0.2, -0.15) is 0 Å². The van der Waals surface area contributed by atoms with E-state index in [-0.39, 0.29) is 6.04 Å². The lowest BCUT2D eigenvalue weighted by molar-refractivity contribution is 0.254. The van der Waals surface area contributed by atoms with Crippen molar-refractivity contribution in [1.29, 1.82) is 0 Å². The van der Waals surface area contributed by atoms with Crippen molar-refractivity contribution in [3.8, 4) is 11.5 Å². The zero-order valence-corrected chi connectivity index (χ0v) is 10.1. The predicted octanol–water partition coefficient (Wildman–Crippen LogP) is 0.963. The summed E-state index contributed by atoms with van der Waals surface area (Å²) in [6.07, 6.45) is 0. The first-order valence-electron chi connectivity index (χ1n) is 5.29. The van der Waals surface area contributed by atoms with Crippen LogP contribution in [0.15, 0.2) is 24.3 Å². The number of benzene rings is 1. The molecule has 1 aromatic carbocycles. The molecule has 0 aliphatic heterocycles. The van der Waals surface area contributed by atoms with E-state index in [9.17, 15) is 0 Å². The molecule has 4 heteroatoms. The molecular weight excluding hydrogens is 204 g/mol. The third-order valence-corrected chi connectivity index (χ3v) is 2.12. The van der Waals surface area contributed by atoms with E-state index in [2.05, 4.69) is 0 Å². The molecule has 4 nitrogen and oxygen atoms in total. The van der Waals surface area contributed by atoms with Crippen LogP contribution in [-0.2, 0) is 0 Å². The number of hydrogen-bond donors (Lipinski definition) is 1. The Morgan fingerprint density at radius 1 is 1.19 bits per heavy atom. The molecule has 90 valence electrons. The summed E-state index contributed by atoms with van der Waals surface area (Å²) < 4.78 is 10.6. The van der Waals surface area contributed by atoms with Gasteiger partial charge in [0.1, 0.15) is 18.1 Å². The van der Waals surface area contributed by atoms with Crippen molar-refractivity contribution < 1.29 is 9.47 Å². The number of nitrogens with zero attached hydrogens (tertiary/aromatic N) is 1. The topological polar surface area (TPSA) is 47.7 Å². The molecule has 1 aromatic rings. The Bertz CT molecular complexity index is 298. The second kappa shape index (κ2) is 6.35. The molecule has 0 bridgehead atoms. The smallest absolute Gasteiger partial charge is 0.119 e. The Labute approximate surface area is 96.9 Å². The molecule has 0 heterocycles. The molecule has 0 aromatic heterocycles. The van der Waals surface area contributed by atoms with E-state index >= 15 is 0 Å². The maximum atomic E-state index is 5.89. The lowest BCUT2D eigenvalue weighted by Crippen LogP contribution is -2.37. The third-order valence-electron chi connectivity index (χ3n) is 2.12. The number of likely N-dealkylation sites (N-methyl/N-ethyl adjacent to an activating group) is 1. The standard InChI is InChI=1S/C12H20N2O2/c1-14(2)8-10(13)9-16-12-6-4-11(15-3)5-7-12/h4-7,10H,8-9,13H2,1-3H3. The average molecular weight is 224 g/mol. The molecule has 0 amide bonds. The van der Waals surface area contributed by atoms with Gasteiger partial charge < -0.3 is 20.1 Å². The summed E-state index contributed by atoms with van der Waals surface area (Å²) in [7, 11) is 5.63. The first-order valence-corrected chi connectivity index (χ1v) is 5.29. The molecule has 0 aliphatic rings. The SMILES string of the molecule is COc1ccc(OCC(N)CN(C)C)cc1. The first kappa shape index (κ1) is 12.8. The zero-order chi connectivity index (χ0) is 12.0. The highest BCUT2D eigenvalue weighted by atomic mass is 16.5. The fourth-order valence-electron chi connectivity index (χ4n) is 1.40. The predicted molar refractivity (Wildman–Crippen MR) is 65.0 cm³/mol. The largest absolute Gasteiger partial charge is 0.497 e. The van der Waals surface area contributed by atoms with Gasteiger partial charge >= 0.3 is 0 Å². The fraction of sp³-hybridized carbons (Fsp3) is 0.500. The highest BCUT2D eigenvalue weighted by Crippen LogP contribution is 2.16. The first-order chi connectivity index (χ1) is 7.61. The van der Waals surface area contributed by atoms with E-state index in [4.69, 9.17) is 15.2 Å². The Balaban J connectivity index is 2.36. The minimum atomic E-state index is 0.0251. The van der Waals surface area contributed by atoms with Crippen molar-refractivity contribution in [2.45, 2.75) is 6.04 Å². The molecule has 2 N–H and O–H groups in total. The number of rotatable bonds is 6. The van der Waals surface area contributed by atoms with E-state index in [1.54, 1.807) is 7.11 Å². The summed E-state index contributed by atoms with van der Waals surface area (Å²) in [5.41, 5.74) is 5.89. The molecule has 0 saturated heterocycles. The molecular formula is C12H20N2O2. The van der Waals surface area contributed by atoms with Crippen LogP contribution in [0, 0.1) is 0 Å². The third kappa shape index (κ3) is 4.51. The van der Waals surface area contributed by atoms with Gasteiger partial charge in [-0.3, -0.25) is 0 Å². The Hall–Kier alpha value is -1.26. The summed E-state index contributed by atoms with van der Waals surface area (Å²) in [5.74, 6) is 1.64. The van der Waals surface area contributed by atoms with Gasteiger partial charge in [-0.25, -0.2) is 0 Å². The lowest BCUT2D eigenvalue weighted by atomic mass is 10.3. The van der Waals surface area contributed by atoms with Gasteiger partial charge in [-0.05, 0) is 38.4 Å². The summed E-state index contributed by atoms with van der Waals surface area (Å²) in [5, 5.41) is 0. The molecule has 0 aliphatic carbocycles. The highest BCUT2D eigenvalue weighted by Gasteiger charge is 2.04. The van der Waals surface area contributed by atoms with Gasteiger partial charge in [0.2, 0.25) is 0 Å². The quantitative estimate of drug-likeness (QED) is 0.782. The molecule has 1 atom stereocenters. The molecule has 0 radical (unpaired) electrons. The van der Waals surface area contributed by atoms with Crippen LogP contribution in [0.3, 0.4) is 0 Å². The lowest BCUT2D eigenvalue weighted by Gasteiger charge is -2.17. The van der Waals surface area contributed by atoms with Gasteiger partial charge in [0.15, 0.2) is 0 Å². The van der Waals surface area contributed by atoms with Crippen molar-refractivity contribution in [1.82, 2.24) is 4.90 Å². The second-order valence-corrected chi connectivity index (χ2v) is 4.01. The number of nitrogens with two attached hydrogens (primary N) is 1. The van der Waals surface area contributed by atoms with Crippen molar-refractivity contribution in [3.05, 3.63) is 24.3 Å².